The van der Waals surface area contributed by atoms with E-state index in [1.807, 2.05) is 60.7 Å². The predicted octanol–water partition coefficient (Wildman–Crippen LogP) is 4.51. The maximum Gasteiger partial charge on any atom is 0.515 e. The number of rotatable bonds is 6. The molecular formula is C21H17NO6. The average molecular weight is 379 g/mol. The number of carbonyl (C=O) groups excluding carboxylic acids is 2. The zero-order chi connectivity index (χ0) is 19.6. The number of hydrogen-bond donors (Lipinski definition) is 0. The summed E-state index contributed by atoms with van der Waals surface area (Å²) < 4.78 is 20.0. The Morgan fingerprint density at radius 2 is 1.21 bits per heavy atom. The van der Waals surface area contributed by atoms with Gasteiger partial charge in [-0.3, -0.25) is 0 Å². The zero-order valence-corrected chi connectivity index (χ0v) is 14.8. The van der Waals surface area contributed by atoms with E-state index >= 15 is 0 Å². The summed E-state index contributed by atoms with van der Waals surface area (Å²) in [6.45, 7) is 0.190. The predicted molar refractivity (Wildman–Crippen MR) is 98.7 cm³/mol. The van der Waals surface area contributed by atoms with Crippen LogP contribution in [0.3, 0.4) is 0 Å². The molecule has 0 saturated heterocycles. The molecule has 1 heterocycles. The molecule has 7 nitrogen and oxygen atoms in total. The smallest absolute Gasteiger partial charge is 0.429 e. The lowest BCUT2D eigenvalue weighted by Gasteiger charge is -2.07. The second-order valence-electron chi connectivity index (χ2n) is 5.58. The Balaban J connectivity index is 1.42. The van der Waals surface area contributed by atoms with E-state index in [2.05, 4.69) is 4.98 Å². The summed E-state index contributed by atoms with van der Waals surface area (Å²) in [4.78, 5) is 27.3. The van der Waals surface area contributed by atoms with E-state index in [9.17, 15) is 9.59 Å². The minimum absolute atomic E-state index is 0.0167. The molecule has 0 aliphatic carbocycles. The monoisotopic (exact) mass is 379 g/mol. The highest BCUT2D eigenvalue weighted by Crippen LogP contribution is 2.15. The van der Waals surface area contributed by atoms with Gasteiger partial charge < -0.3 is 18.9 Å². The molecule has 0 saturated carbocycles. The van der Waals surface area contributed by atoms with Gasteiger partial charge in [-0.15, -0.1) is 0 Å². The van der Waals surface area contributed by atoms with E-state index in [0.29, 0.717) is 0 Å². The molecule has 0 aliphatic rings. The van der Waals surface area contributed by atoms with E-state index in [-0.39, 0.29) is 24.8 Å². The van der Waals surface area contributed by atoms with Crippen LogP contribution in [-0.4, -0.2) is 17.3 Å². The molecule has 7 heteroatoms. The first-order valence-electron chi connectivity index (χ1n) is 8.42. The van der Waals surface area contributed by atoms with Crippen LogP contribution in [0.1, 0.15) is 11.1 Å². The average Bonchev–Trinajstić information content (AvgIpc) is 2.74. The van der Waals surface area contributed by atoms with Crippen molar-refractivity contribution >= 4 is 12.3 Å². The van der Waals surface area contributed by atoms with Crippen LogP contribution in [0, 0.1) is 0 Å². The summed E-state index contributed by atoms with van der Waals surface area (Å²) in [5, 5.41) is 0. The fraction of sp³-hybridized carbons (Fsp3) is 0.0952. The second-order valence-corrected chi connectivity index (χ2v) is 5.58. The van der Waals surface area contributed by atoms with Gasteiger partial charge in [-0.25, -0.2) is 14.6 Å². The highest BCUT2D eigenvalue weighted by Gasteiger charge is 2.10. The van der Waals surface area contributed by atoms with Crippen LogP contribution in [0.2, 0.25) is 0 Å². The van der Waals surface area contributed by atoms with Crippen molar-refractivity contribution in [3.63, 3.8) is 0 Å². The summed E-state index contributed by atoms with van der Waals surface area (Å²) >= 11 is 0. The van der Waals surface area contributed by atoms with Crippen molar-refractivity contribution in [1.82, 2.24) is 4.98 Å². The van der Waals surface area contributed by atoms with Gasteiger partial charge in [0, 0.05) is 6.07 Å². The van der Waals surface area contributed by atoms with Crippen LogP contribution in [0.15, 0.2) is 79.0 Å². The van der Waals surface area contributed by atoms with Gasteiger partial charge in [0.15, 0.2) is 5.75 Å². The molecule has 1 aromatic heterocycles. The largest absolute Gasteiger partial charge is 0.515 e. The number of nitrogens with zero attached hydrogens (tertiary/aromatic N) is 1. The summed E-state index contributed by atoms with van der Waals surface area (Å²) in [5.74, 6) is 0.172. The van der Waals surface area contributed by atoms with Gasteiger partial charge in [0.2, 0.25) is 5.88 Å². The third-order valence-electron chi connectivity index (χ3n) is 3.50. The van der Waals surface area contributed by atoms with Gasteiger partial charge >= 0.3 is 12.3 Å². The number of carbonyl (C=O) groups is 2. The van der Waals surface area contributed by atoms with E-state index < -0.39 is 12.3 Å². The molecule has 3 aromatic rings. The maximum absolute atomic E-state index is 11.7. The maximum atomic E-state index is 11.7. The quantitative estimate of drug-likeness (QED) is 0.583. The standard InChI is InChI=1S/C21H17NO6/c23-20(25-14-16-7-3-1-4-8-16)27-18-11-12-19(22-13-18)28-21(24)26-15-17-9-5-2-6-10-17/h1-13H,14-15H2. The van der Waals surface area contributed by atoms with Crippen LogP contribution < -0.4 is 9.47 Å². The van der Waals surface area contributed by atoms with Gasteiger partial charge in [0.25, 0.3) is 0 Å². The Hall–Kier alpha value is -3.87. The molecular weight excluding hydrogens is 362 g/mol. The number of aromatic nitrogens is 1. The number of benzene rings is 2. The van der Waals surface area contributed by atoms with Gasteiger partial charge in [-0.1, -0.05) is 60.7 Å². The van der Waals surface area contributed by atoms with Crippen LogP contribution in [0.5, 0.6) is 11.6 Å². The fourth-order valence-corrected chi connectivity index (χ4v) is 2.16. The summed E-state index contributed by atoms with van der Waals surface area (Å²) in [7, 11) is 0. The molecule has 142 valence electrons. The van der Waals surface area contributed by atoms with Crippen LogP contribution >= 0.6 is 0 Å². The van der Waals surface area contributed by atoms with Crippen molar-refractivity contribution in [2.45, 2.75) is 13.2 Å². The SMILES string of the molecule is O=C(OCc1ccccc1)Oc1ccc(OC(=O)OCc2ccccc2)nc1. The van der Waals surface area contributed by atoms with Gasteiger partial charge in [-0.2, -0.15) is 0 Å². The molecule has 0 radical (unpaired) electrons. The van der Waals surface area contributed by atoms with Crippen LogP contribution in [0.25, 0.3) is 0 Å². The molecule has 28 heavy (non-hydrogen) atoms. The summed E-state index contributed by atoms with van der Waals surface area (Å²) in [5.41, 5.74) is 1.68. The minimum Gasteiger partial charge on any atom is -0.429 e. The Morgan fingerprint density at radius 3 is 1.71 bits per heavy atom. The van der Waals surface area contributed by atoms with E-state index in [4.69, 9.17) is 18.9 Å². The molecule has 0 spiro atoms. The van der Waals surface area contributed by atoms with Crippen molar-refractivity contribution in [2.75, 3.05) is 0 Å². The number of hydrogen-bond acceptors (Lipinski definition) is 7. The highest BCUT2D eigenvalue weighted by molar-refractivity contribution is 5.64. The van der Waals surface area contributed by atoms with Crippen molar-refractivity contribution in [3.8, 4) is 11.6 Å². The molecule has 0 unspecified atom stereocenters. The van der Waals surface area contributed by atoms with Gasteiger partial charge in [0.05, 0.1) is 6.20 Å². The lowest BCUT2D eigenvalue weighted by Crippen LogP contribution is -2.12. The lowest BCUT2D eigenvalue weighted by molar-refractivity contribution is 0.0892. The van der Waals surface area contributed by atoms with Crippen molar-refractivity contribution in [3.05, 3.63) is 90.1 Å². The topological polar surface area (TPSA) is 84.0 Å². The van der Waals surface area contributed by atoms with E-state index in [1.54, 1.807) is 0 Å². The normalized spacial score (nSPS) is 10.0. The molecule has 3 rings (SSSR count). The Kier molecular flexibility index (Phi) is 6.57. The molecule has 0 N–H and O–H groups in total. The third-order valence-corrected chi connectivity index (χ3v) is 3.50. The summed E-state index contributed by atoms with van der Waals surface area (Å²) in [6.07, 6.45) is -0.502. The molecule has 0 fully saturated rings. The molecule has 0 amide bonds. The van der Waals surface area contributed by atoms with E-state index in [0.717, 1.165) is 11.1 Å². The lowest BCUT2D eigenvalue weighted by atomic mass is 10.2. The minimum atomic E-state index is -0.882. The second kappa shape index (κ2) is 9.72. The number of pyridine rings is 1. The first-order chi connectivity index (χ1) is 13.7. The Bertz CT molecular complexity index is 821. The molecule has 0 bridgehead atoms. The molecule has 0 atom stereocenters. The van der Waals surface area contributed by atoms with Crippen molar-refractivity contribution in [2.24, 2.45) is 0 Å². The zero-order valence-electron chi connectivity index (χ0n) is 14.8. The third kappa shape index (κ3) is 6.14. The Morgan fingerprint density at radius 1 is 0.679 bits per heavy atom. The highest BCUT2D eigenvalue weighted by atomic mass is 16.7. The Labute approximate surface area is 161 Å². The summed E-state index contributed by atoms with van der Waals surface area (Å²) in [6, 6.07) is 21.2. The first-order valence-corrected chi connectivity index (χ1v) is 8.42. The van der Waals surface area contributed by atoms with Gasteiger partial charge in [-0.05, 0) is 17.2 Å². The number of ether oxygens (including phenoxy) is 4. The van der Waals surface area contributed by atoms with Crippen LogP contribution in [0.4, 0.5) is 9.59 Å². The molecule has 2 aromatic carbocycles. The fourth-order valence-electron chi connectivity index (χ4n) is 2.16. The van der Waals surface area contributed by atoms with Crippen molar-refractivity contribution < 1.29 is 28.5 Å². The molecule has 0 aliphatic heterocycles. The van der Waals surface area contributed by atoms with Crippen LogP contribution in [-0.2, 0) is 22.7 Å². The van der Waals surface area contributed by atoms with Gasteiger partial charge in [0.1, 0.15) is 13.2 Å². The first kappa shape index (κ1) is 18.9. The van der Waals surface area contributed by atoms with E-state index in [1.165, 1.54) is 18.3 Å². The van der Waals surface area contributed by atoms with Crippen molar-refractivity contribution in [1.29, 1.82) is 0 Å².